The van der Waals surface area contributed by atoms with Gasteiger partial charge in [0.25, 0.3) is 10.0 Å². The van der Waals surface area contributed by atoms with Crippen LogP contribution in [0.15, 0.2) is 11.2 Å². The van der Waals surface area contributed by atoms with E-state index in [-0.39, 0.29) is 10.8 Å². The van der Waals surface area contributed by atoms with Crippen molar-refractivity contribution in [3.05, 3.63) is 11.8 Å². The second-order valence-corrected chi connectivity index (χ2v) is 5.77. The van der Waals surface area contributed by atoms with Crippen LogP contribution in [0.3, 0.4) is 0 Å². The lowest BCUT2D eigenvalue weighted by atomic mass is 10.4. The van der Waals surface area contributed by atoms with Crippen molar-refractivity contribution < 1.29 is 12.6 Å². The maximum atomic E-state index is 11.1. The molecule has 14 heavy (non-hydrogen) atoms. The normalized spacial score (nSPS) is 14.2. The van der Waals surface area contributed by atoms with Gasteiger partial charge in [0.15, 0.2) is 5.03 Å². The van der Waals surface area contributed by atoms with Crippen LogP contribution in [-0.2, 0) is 33.6 Å². The van der Waals surface area contributed by atoms with E-state index in [1.165, 1.54) is 19.5 Å². The molecule has 1 atom stereocenters. The zero-order chi connectivity index (χ0) is 10.9. The van der Waals surface area contributed by atoms with E-state index in [9.17, 15) is 12.6 Å². The van der Waals surface area contributed by atoms with Gasteiger partial charge >= 0.3 is 0 Å². The molecule has 80 valence electrons. The van der Waals surface area contributed by atoms with Crippen molar-refractivity contribution in [1.29, 1.82) is 0 Å². The first-order valence-electron chi connectivity index (χ1n) is 3.66. The average Bonchev–Trinajstić information content (AvgIpc) is 2.28. The summed E-state index contributed by atoms with van der Waals surface area (Å²) in [6, 6.07) is 0. The molecule has 0 aromatic carbocycles. The van der Waals surface area contributed by atoms with Gasteiger partial charge in [0.1, 0.15) is 0 Å². The Morgan fingerprint density at radius 2 is 2.21 bits per heavy atom. The lowest BCUT2D eigenvalue weighted by Crippen LogP contribution is -2.18. The third kappa shape index (κ3) is 2.40. The first-order chi connectivity index (χ1) is 6.32. The molecule has 0 spiro atoms. The van der Waals surface area contributed by atoms with Crippen LogP contribution in [0.25, 0.3) is 0 Å². The van der Waals surface area contributed by atoms with Gasteiger partial charge < -0.3 is 0 Å². The molecule has 0 radical (unpaired) electrons. The van der Waals surface area contributed by atoms with E-state index in [1.807, 2.05) is 0 Å². The molecule has 8 heteroatoms. The topological polar surface area (TPSA) is 95.0 Å². The van der Waals surface area contributed by atoms with Crippen LogP contribution in [0.1, 0.15) is 5.56 Å². The molecule has 0 aliphatic heterocycles. The van der Waals surface area contributed by atoms with Gasteiger partial charge in [-0.2, -0.15) is 5.10 Å². The molecule has 1 aromatic rings. The minimum atomic E-state index is -3.80. The monoisotopic (exact) mass is 237 g/mol. The Bertz CT molecular complexity index is 463. The van der Waals surface area contributed by atoms with Crippen LogP contribution >= 0.6 is 0 Å². The zero-order valence-electron chi connectivity index (χ0n) is 7.80. The number of aryl methyl sites for hydroxylation is 1. The number of primary sulfonamides is 1. The molecule has 1 unspecified atom stereocenters. The molecule has 0 aliphatic rings. The third-order valence-electron chi connectivity index (χ3n) is 1.58. The van der Waals surface area contributed by atoms with Crippen LogP contribution in [0.5, 0.6) is 0 Å². The largest absolute Gasteiger partial charge is 0.260 e. The minimum absolute atomic E-state index is 0.0762. The van der Waals surface area contributed by atoms with Gasteiger partial charge in [0, 0.05) is 29.7 Å². The molecular formula is C6H11N3O3S2. The number of hydrogen-bond donors (Lipinski definition) is 1. The van der Waals surface area contributed by atoms with Gasteiger partial charge in [-0.3, -0.25) is 8.89 Å². The highest BCUT2D eigenvalue weighted by atomic mass is 32.2. The summed E-state index contributed by atoms with van der Waals surface area (Å²) in [6.07, 6.45) is 2.85. The van der Waals surface area contributed by atoms with E-state index in [0.717, 1.165) is 4.68 Å². The Balaban J connectivity index is 3.27. The van der Waals surface area contributed by atoms with Gasteiger partial charge in [0.05, 0.1) is 11.9 Å². The fourth-order valence-electron chi connectivity index (χ4n) is 1.16. The minimum Gasteiger partial charge on any atom is -0.260 e. The molecule has 1 heterocycles. The molecule has 0 fully saturated rings. The molecule has 0 bridgehead atoms. The van der Waals surface area contributed by atoms with Crippen molar-refractivity contribution in [2.24, 2.45) is 12.2 Å². The molecule has 0 saturated heterocycles. The number of aromatic nitrogens is 2. The molecule has 0 saturated carbocycles. The predicted molar refractivity (Wildman–Crippen MR) is 52.4 cm³/mol. The van der Waals surface area contributed by atoms with Crippen molar-refractivity contribution in [2.45, 2.75) is 10.8 Å². The Morgan fingerprint density at radius 1 is 1.64 bits per heavy atom. The summed E-state index contributed by atoms with van der Waals surface area (Å²) in [6.45, 7) is 0. The van der Waals surface area contributed by atoms with E-state index >= 15 is 0 Å². The van der Waals surface area contributed by atoms with Gasteiger partial charge in [-0.1, -0.05) is 0 Å². The van der Waals surface area contributed by atoms with Crippen molar-refractivity contribution in [3.63, 3.8) is 0 Å². The first-order valence-corrected chi connectivity index (χ1v) is 6.93. The maximum Gasteiger partial charge on any atom is 0.255 e. The molecule has 2 N–H and O–H groups in total. The fourth-order valence-corrected chi connectivity index (χ4v) is 2.80. The second kappa shape index (κ2) is 3.79. The van der Waals surface area contributed by atoms with Crippen molar-refractivity contribution in [2.75, 3.05) is 6.26 Å². The van der Waals surface area contributed by atoms with E-state index in [2.05, 4.69) is 5.10 Å². The summed E-state index contributed by atoms with van der Waals surface area (Å²) in [4.78, 5) is 0. The van der Waals surface area contributed by atoms with Crippen LogP contribution in [-0.4, -0.2) is 28.7 Å². The van der Waals surface area contributed by atoms with Crippen molar-refractivity contribution >= 4 is 20.8 Å². The number of rotatable bonds is 3. The third-order valence-corrected chi connectivity index (χ3v) is 3.37. The predicted octanol–water partition coefficient (Wildman–Crippen LogP) is -1.05. The summed E-state index contributed by atoms with van der Waals surface area (Å²) >= 11 is 0. The van der Waals surface area contributed by atoms with Crippen molar-refractivity contribution in [3.8, 4) is 0 Å². The quantitative estimate of drug-likeness (QED) is 0.725. The highest BCUT2D eigenvalue weighted by Crippen LogP contribution is 2.13. The van der Waals surface area contributed by atoms with Crippen molar-refractivity contribution in [1.82, 2.24) is 9.78 Å². The average molecular weight is 237 g/mol. The standard InChI is InChI=1S/C6H11N3O3S2/c1-9-6(14(7,11)12)5(3-8-9)4-13(2)10/h3H,4H2,1-2H3,(H2,7,11,12). The fraction of sp³-hybridized carbons (Fsp3) is 0.500. The Kier molecular flexibility index (Phi) is 3.07. The number of nitrogens with two attached hydrogens (primary N) is 1. The van der Waals surface area contributed by atoms with E-state index < -0.39 is 20.8 Å². The summed E-state index contributed by atoms with van der Waals surface area (Å²) in [7, 11) is -3.45. The summed E-state index contributed by atoms with van der Waals surface area (Å²) in [5.41, 5.74) is 0.385. The van der Waals surface area contributed by atoms with E-state index in [4.69, 9.17) is 5.14 Å². The highest BCUT2D eigenvalue weighted by molar-refractivity contribution is 7.89. The van der Waals surface area contributed by atoms with Gasteiger partial charge in [-0.25, -0.2) is 13.6 Å². The lowest BCUT2D eigenvalue weighted by Gasteiger charge is -2.01. The van der Waals surface area contributed by atoms with Crippen LogP contribution < -0.4 is 5.14 Å². The lowest BCUT2D eigenvalue weighted by molar-refractivity contribution is 0.577. The van der Waals surface area contributed by atoms with E-state index in [0.29, 0.717) is 5.56 Å². The Morgan fingerprint density at radius 3 is 2.64 bits per heavy atom. The summed E-state index contributed by atoms with van der Waals surface area (Å²) in [5.74, 6) is 0.138. The second-order valence-electron chi connectivity index (χ2n) is 2.86. The SMILES string of the molecule is Cn1ncc(CS(C)=O)c1S(N)(=O)=O. The molecule has 1 aromatic heterocycles. The highest BCUT2D eigenvalue weighted by Gasteiger charge is 2.19. The van der Waals surface area contributed by atoms with E-state index in [1.54, 1.807) is 0 Å². The number of hydrogen-bond acceptors (Lipinski definition) is 4. The Hall–Kier alpha value is -0.730. The molecule has 0 aliphatic carbocycles. The molecule has 0 amide bonds. The van der Waals surface area contributed by atoms with Gasteiger partial charge in [-0.15, -0.1) is 0 Å². The Labute approximate surface area is 84.6 Å². The smallest absolute Gasteiger partial charge is 0.255 e. The zero-order valence-corrected chi connectivity index (χ0v) is 9.43. The summed E-state index contributed by atoms with van der Waals surface area (Å²) < 4.78 is 34.4. The maximum absolute atomic E-state index is 11.1. The first kappa shape index (κ1) is 11.3. The summed E-state index contributed by atoms with van der Waals surface area (Å²) in [5, 5.41) is 8.67. The van der Waals surface area contributed by atoms with Crippen LogP contribution in [0.4, 0.5) is 0 Å². The number of sulfonamides is 1. The van der Waals surface area contributed by atoms with Gasteiger partial charge in [-0.05, 0) is 0 Å². The molecule has 1 rings (SSSR count). The van der Waals surface area contributed by atoms with Crippen LogP contribution in [0.2, 0.25) is 0 Å². The molecule has 6 nitrogen and oxygen atoms in total. The number of nitrogens with zero attached hydrogens (tertiary/aromatic N) is 2. The molecular weight excluding hydrogens is 226 g/mol. The van der Waals surface area contributed by atoms with Crippen LogP contribution in [0, 0.1) is 0 Å². The van der Waals surface area contributed by atoms with Gasteiger partial charge in [0.2, 0.25) is 0 Å².